The highest BCUT2D eigenvalue weighted by Crippen LogP contribution is 2.14. The van der Waals surface area contributed by atoms with Gasteiger partial charge in [-0.05, 0) is 24.8 Å². The van der Waals surface area contributed by atoms with Crippen LogP contribution in [0.3, 0.4) is 0 Å². The van der Waals surface area contributed by atoms with E-state index in [2.05, 4.69) is 17.6 Å². The fraction of sp³-hybridized carbons (Fsp3) is 0.769. The molecule has 1 saturated heterocycles. The zero-order valence-electron chi connectivity index (χ0n) is 22.1. The summed E-state index contributed by atoms with van der Waals surface area (Å²) >= 11 is 1.31. The van der Waals surface area contributed by atoms with Crippen molar-refractivity contribution in [1.29, 1.82) is 0 Å². The van der Waals surface area contributed by atoms with Crippen molar-refractivity contribution in [1.82, 2.24) is 10.6 Å². The molecule has 2 atom stereocenters. The molecule has 206 valence electrons. The summed E-state index contributed by atoms with van der Waals surface area (Å²) in [6, 6.07) is -0.866. The molecule has 0 unspecified atom stereocenters. The highest BCUT2D eigenvalue weighted by Gasteiger charge is 2.28. The zero-order valence-corrected chi connectivity index (χ0v) is 22.9. The average Bonchev–Trinajstić information content (AvgIpc) is 2.82. The van der Waals surface area contributed by atoms with Crippen molar-refractivity contribution < 1.29 is 33.4 Å². The molecule has 0 bridgehead atoms. The van der Waals surface area contributed by atoms with E-state index < -0.39 is 24.0 Å². The first-order chi connectivity index (χ1) is 17.3. The monoisotopic (exact) mass is 528 g/mol. The standard InChI is InChI=1S/C26H44N2O7S/c1-4-5-6-7-8-12-24(31)36-17-10-9-11-21-18-22(29)27-13-14-33-15-16-34-19-23(30)28-25(20(2)3)26(32)35-21/h9,11,20-21,25H,4-8,10,12-19H2,1-3H3,(H,27,29)(H,28,30)/b11-9+/t21-,25+/m1/s1. The van der Waals surface area contributed by atoms with Gasteiger partial charge >= 0.3 is 5.97 Å². The van der Waals surface area contributed by atoms with E-state index >= 15 is 0 Å². The first-order valence-corrected chi connectivity index (χ1v) is 14.1. The van der Waals surface area contributed by atoms with Crippen LogP contribution in [-0.2, 0) is 33.4 Å². The van der Waals surface area contributed by atoms with Gasteiger partial charge in [-0.25, -0.2) is 4.79 Å². The quantitative estimate of drug-likeness (QED) is 0.238. The van der Waals surface area contributed by atoms with Crippen LogP contribution in [0.2, 0.25) is 0 Å². The summed E-state index contributed by atoms with van der Waals surface area (Å²) in [6.07, 6.45) is 9.45. The van der Waals surface area contributed by atoms with Crippen LogP contribution in [0.5, 0.6) is 0 Å². The third-order valence-corrected chi connectivity index (χ3v) is 6.41. The molecule has 0 saturated carbocycles. The first kappa shape index (κ1) is 32.1. The van der Waals surface area contributed by atoms with Crippen LogP contribution in [-0.4, -0.2) is 73.8 Å². The highest BCUT2D eigenvalue weighted by molar-refractivity contribution is 8.13. The van der Waals surface area contributed by atoms with Crippen LogP contribution in [0.1, 0.15) is 72.1 Å². The lowest BCUT2D eigenvalue weighted by atomic mass is 10.0. The van der Waals surface area contributed by atoms with Gasteiger partial charge in [0.15, 0.2) is 5.12 Å². The molecule has 0 aliphatic carbocycles. The second kappa shape index (κ2) is 20.2. The van der Waals surface area contributed by atoms with Crippen molar-refractivity contribution in [3.8, 4) is 0 Å². The van der Waals surface area contributed by atoms with Crippen molar-refractivity contribution in [2.75, 3.05) is 38.7 Å². The molecule has 2 amide bonds. The van der Waals surface area contributed by atoms with E-state index in [9.17, 15) is 19.2 Å². The van der Waals surface area contributed by atoms with Crippen LogP contribution < -0.4 is 10.6 Å². The van der Waals surface area contributed by atoms with E-state index in [1.54, 1.807) is 19.9 Å². The van der Waals surface area contributed by atoms with Gasteiger partial charge in [-0.1, -0.05) is 64.3 Å². The molecule has 1 fully saturated rings. The van der Waals surface area contributed by atoms with Crippen molar-refractivity contribution >= 4 is 34.7 Å². The summed E-state index contributed by atoms with van der Waals surface area (Å²) in [5.41, 5.74) is 0. The summed E-state index contributed by atoms with van der Waals surface area (Å²) in [7, 11) is 0. The summed E-state index contributed by atoms with van der Waals surface area (Å²) in [5, 5.41) is 5.59. The number of esters is 1. The fourth-order valence-electron chi connectivity index (χ4n) is 3.42. The number of ether oxygens (including phenoxy) is 3. The molecule has 2 N–H and O–H groups in total. The largest absolute Gasteiger partial charge is 0.456 e. The predicted octanol–water partition coefficient (Wildman–Crippen LogP) is 3.16. The van der Waals surface area contributed by atoms with Gasteiger partial charge in [0.05, 0.1) is 26.2 Å². The molecule has 0 aromatic carbocycles. The van der Waals surface area contributed by atoms with Crippen molar-refractivity contribution in [3.05, 3.63) is 12.2 Å². The summed E-state index contributed by atoms with van der Waals surface area (Å²) in [5.74, 6) is -0.897. The number of rotatable bonds is 11. The molecule has 1 aliphatic rings. The van der Waals surface area contributed by atoms with Gasteiger partial charge < -0.3 is 24.8 Å². The summed E-state index contributed by atoms with van der Waals surface area (Å²) in [6.45, 7) is 6.73. The number of amides is 2. The minimum Gasteiger partial charge on any atom is -0.456 e. The normalized spacial score (nSPS) is 21.3. The Morgan fingerprint density at radius 3 is 2.56 bits per heavy atom. The molecule has 0 spiro atoms. The lowest BCUT2D eigenvalue weighted by molar-refractivity contribution is -0.153. The van der Waals surface area contributed by atoms with Gasteiger partial charge in [-0.15, -0.1) is 0 Å². The maximum Gasteiger partial charge on any atom is 0.329 e. The molecule has 1 heterocycles. The van der Waals surface area contributed by atoms with Gasteiger partial charge in [0.1, 0.15) is 18.8 Å². The number of nitrogens with one attached hydrogen (secondary N) is 2. The molecule has 10 heteroatoms. The zero-order chi connectivity index (χ0) is 26.6. The van der Waals surface area contributed by atoms with Gasteiger partial charge in [-0.2, -0.15) is 0 Å². The lowest BCUT2D eigenvalue weighted by Gasteiger charge is -2.23. The Kier molecular flexibility index (Phi) is 18.0. The Balaban J connectivity index is 2.65. The van der Waals surface area contributed by atoms with E-state index in [0.717, 1.165) is 12.8 Å². The topological polar surface area (TPSA) is 120 Å². The first-order valence-electron chi connectivity index (χ1n) is 13.1. The Hall–Kier alpha value is -1.91. The molecular weight excluding hydrogens is 484 g/mol. The molecule has 9 nitrogen and oxygen atoms in total. The summed E-state index contributed by atoms with van der Waals surface area (Å²) in [4.78, 5) is 49.4. The van der Waals surface area contributed by atoms with E-state index in [1.165, 1.54) is 31.0 Å². The van der Waals surface area contributed by atoms with Gasteiger partial charge in [0.2, 0.25) is 11.8 Å². The fourth-order valence-corrected chi connectivity index (χ4v) is 4.19. The number of carbonyl (C=O) groups excluding carboxylic acids is 4. The van der Waals surface area contributed by atoms with Crippen LogP contribution in [0, 0.1) is 5.92 Å². The van der Waals surface area contributed by atoms with Gasteiger partial charge in [0, 0.05) is 18.7 Å². The SMILES string of the molecule is CCCCCCCC(=O)SCC/C=C/[C@@H]1CC(=O)NCCOCCOCC(=O)N[C@@H](C(C)C)C(=O)O1. The van der Waals surface area contributed by atoms with Crippen LogP contribution in [0.15, 0.2) is 12.2 Å². The molecule has 1 rings (SSSR count). The third-order valence-electron chi connectivity index (χ3n) is 5.45. The minimum absolute atomic E-state index is 0.0477. The second-order valence-corrected chi connectivity index (χ2v) is 10.2. The molecule has 0 aromatic heterocycles. The molecule has 36 heavy (non-hydrogen) atoms. The van der Waals surface area contributed by atoms with Crippen LogP contribution in [0.25, 0.3) is 0 Å². The smallest absolute Gasteiger partial charge is 0.329 e. The van der Waals surface area contributed by atoms with Gasteiger partial charge in [0.25, 0.3) is 0 Å². The van der Waals surface area contributed by atoms with E-state index in [4.69, 9.17) is 14.2 Å². The average molecular weight is 529 g/mol. The van der Waals surface area contributed by atoms with E-state index in [1.807, 2.05) is 6.08 Å². The Bertz CT molecular complexity index is 700. The van der Waals surface area contributed by atoms with Crippen LogP contribution in [0.4, 0.5) is 0 Å². The summed E-state index contributed by atoms with van der Waals surface area (Å²) < 4.78 is 16.3. The number of cyclic esters (lactones) is 1. The minimum atomic E-state index is -0.866. The molecule has 0 aromatic rings. The van der Waals surface area contributed by atoms with E-state index in [0.29, 0.717) is 38.4 Å². The Labute approximate surface area is 219 Å². The number of hydrogen-bond donors (Lipinski definition) is 2. The van der Waals surface area contributed by atoms with Gasteiger partial charge in [-0.3, -0.25) is 14.4 Å². The lowest BCUT2D eigenvalue weighted by Crippen LogP contribution is -2.47. The molecule has 1 aliphatic heterocycles. The number of hydrogen-bond acceptors (Lipinski definition) is 8. The van der Waals surface area contributed by atoms with E-state index in [-0.39, 0.29) is 36.6 Å². The van der Waals surface area contributed by atoms with Crippen molar-refractivity contribution in [2.45, 2.75) is 84.3 Å². The third kappa shape index (κ3) is 16.0. The number of carbonyl (C=O) groups is 4. The van der Waals surface area contributed by atoms with Crippen LogP contribution >= 0.6 is 11.8 Å². The highest BCUT2D eigenvalue weighted by atomic mass is 32.2. The predicted molar refractivity (Wildman–Crippen MR) is 141 cm³/mol. The van der Waals surface area contributed by atoms with Crippen molar-refractivity contribution in [2.24, 2.45) is 5.92 Å². The number of unbranched alkanes of at least 4 members (excludes halogenated alkanes) is 4. The maximum absolute atomic E-state index is 12.8. The second-order valence-electron chi connectivity index (χ2n) is 9.09. The van der Waals surface area contributed by atoms with Crippen molar-refractivity contribution in [3.63, 3.8) is 0 Å². The Morgan fingerprint density at radius 2 is 1.81 bits per heavy atom. The molecular formula is C26H44N2O7S. The maximum atomic E-state index is 12.8. The Morgan fingerprint density at radius 1 is 1.06 bits per heavy atom. The molecule has 0 radical (unpaired) electrons. The number of allylic oxidation sites excluding steroid dienone is 1. The number of thioether (sulfide) groups is 1.